The molecule has 0 aromatic rings. The minimum Gasteiger partial charge on any atom is -0.465 e. The SMILES string of the molecule is CCOC(=O)C1(C(=O)OCC)CC2=CC(C)C3C(=O)NC(=O)C3C2C1. The summed E-state index contributed by atoms with van der Waals surface area (Å²) in [6, 6.07) is 0. The van der Waals surface area contributed by atoms with E-state index in [4.69, 9.17) is 9.47 Å². The number of fused-ring (bicyclic) bond motifs is 3. The molecule has 136 valence electrons. The molecule has 7 heteroatoms. The minimum atomic E-state index is -1.43. The smallest absolute Gasteiger partial charge is 0.323 e. The number of allylic oxidation sites excluding steroid dienone is 2. The van der Waals surface area contributed by atoms with E-state index in [1.54, 1.807) is 13.8 Å². The van der Waals surface area contributed by atoms with Gasteiger partial charge in [0.05, 0.1) is 25.0 Å². The standard InChI is InChI=1S/C18H23NO6/c1-4-24-16(22)18(17(23)25-5-2)7-10-6-9(3)12-13(11(10)8-18)15(21)19-14(12)20/h6,9,11-13H,4-5,7-8H2,1-3H3,(H,19,20,21). The molecule has 0 bridgehead atoms. The van der Waals surface area contributed by atoms with Crippen molar-refractivity contribution in [1.29, 1.82) is 0 Å². The van der Waals surface area contributed by atoms with Crippen LogP contribution >= 0.6 is 0 Å². The first kappa shape index (κ1) is 17.6. The van der Waals surface area contributed by atoms with E-state index in [-0.39, 0.29) is 49.7 Å². The molecule has 1 saturated carbocycles. The second-order valence-corrected chi connectivity index (χ2v) is 7.02. The van der Waals surface area contributed by atoms with Crippen LogP contribution in [-0.4, -0.2) is 37.0 Å². The number of nitrogens with one attached hydrogen (secondary N) is 1. The van der Waals surface area contributed by atoms with Crippen molar-refractivity contribution in [3.63, 3.8) is 0 Å². The number of imide groups is 1. The Bertz CT molecular complexity index is 648. The van der Waals surface area contributed by atoms with Gasteiger partial charge in [-0.2, -0.15) is 0 Å². The van der Waals surface area contributed by atoms with Gasteiger partial charge in [0, 0.05) is 0 Å². The Labute approximate surface area is 146 Å². The summed E-state index contributed by atoms with van der Waals surface area (Å²) in [6.07, 6.45) is 2.26. The highest BCUT2D eigenvalue weighted by molar-refractivity contribution is 6.06. The number of ether oxygens (including phenoxy) is 2. The molecule has 3 aliphatic rings. The van der Waals surface area contributed by atoms with E-state index in [0.717, 1.165) is 5.57 Å². The van der Waals surface area contributed by atoms with Crippen LogP contribution in [0.3, 0.4) is 0 Å². The van der Waals surface area contributed by atoms with Crippen LogP contribution in [0.5, 0.6) is 0 Å². The highest BCUT2D eigenvalue weighted by Gasteiger charge is 2.62. The fraction of sp³-hybridized carbons (Fsp3) is 0.667. The molecule has 25 heavy (non-hydrogen) atoms. The second-order valence-electron chi connectivity index (χ2n) is 7.02. The fourth-order valence-electron chi connectivity index (χ4n) is 4.59. The van der Waals surface area contributed by atoms with Crippen molar-refractivity contribution in [2.24, 2.45) is 29.1 Å². The lowest BCUT2D eigenvalue weighted by atomic mass is 9.69. The third kappa shape index (κ3) is 2.56. The zero-order chi connectivity index (χ0) is 18.4. The average Bonchev–Trinajstić information content (AvgIpc) is 3.07. The van der Waals surface area contributed by atoms with E-state index in [1.165, 1.54) is 0 Å². The molecular formula is C18H23NO6. The van der Waals surface area contributed by atoms with Crippen LogP contribution in [0, 0.1) is 29.1 Å². The highest BCUT2D eigenvalue weighted by atomic mass is 16.6. The fourth-order valence-corrected chi connectivity index (χ4v) is 4.59. The van der Waals surface area contributed by atoms with Crippen LogP contribution in [0.15, 0.2) is 11.6 Å². The van der Waals surface area contributed by atoms with E-state index in [2.05, 4.69) is 5.32 Å². The predicted molar refractivity (Wildman–Crippen MR) is 85.8 cm³/mol. The van der Waals surface area contributed by atoms with Gasteiger partial charge in [-0.3, -0.25) is 24.5 Å². The van der Waals surface area contributed by atoms with Crippen molar-refractivity contribution in [1.82, 2.24) is 5.32 Å². The Balaban J connectivity index is 2.00. The van der Waals surface area contributed by atoms with Crippen molar-refractivity contribution in [3.05, 3.63) is 11.6 Å². The normalized spacial score (nSPS) is 32.4. The molecule has 1 heterocycles. The van der Waals surface area contributed by atoms with E-state index in [1.807, 2.05) is 13.0 Å². The van der Waals surface area contributed by atoms with Gasteiger partial charge in [-0.05, 0) is 38.5 Å². The lowest BCUT2D eigenvalue weighted by Gasteiger charge is -2.31. The average molecular weight is 349 g/mol. The summed E-state index contributed by atoms with van der Waals surface area (Å²) < 4.78 is 10.3. The summed E-state index contributed by atoms with van der Waals surface area (Å²) >= 11 is 0. The number of carbonyl (C=O) groups is 4. The maximum Gasteiger partial charge on any atom is 0.323 e. The van der Waals surface area contributed by atoms with Crippen molar-refractivity contribution < 1.29 is 28.7 Å². The van der Waals surface area contributed by atoms with Gasteiger partial charge in [0.25, 0.3) is 0 Å². The number of hydrogen-bond acceptors (Lipinski definition) is 6. The van der Waals surface area contributed by atoms with Gasteiger partial charge >= 0.3 is 11.9 Å². The van der Waals surface area contributed by atoms with E-state index < -0.39 is 29.2 Å². The van der Waals surface area contributed by atoms with Crippen molar-refractivity contribution in [2.45, 2.75) is 33.6 Å². The molecule has 0 aromatic heterocycles. The van der Waals surface area contributed by atoms with Crippen molar-refractivity contribution in [2.75, 3.05) is 13.2 Å². The Kier molecular flexibility index (Phi) is 4.43. The molecule has 7 nitrogen and oxygen atoms in total. The minimum absolute atomic E-state index is 0.122. The Morgan fingerprint density at radius 2 is 1.68 bits per heavy atom. The monoisotopic (exact) mass is 349 g/mol. The Hall–Kier alpha value is -2.18. The lowest BCUT2D eigenvalue weighted by molar-refractivity contribution is -0.172. The van der Waals surface area contributed by atoms with Crippen molar-refractivity contribution in [3.8, 4) is 0 Å². The number of amides is 2. The number of rotatable bonds is 4. The third-order valence-corrected chi connectivity index (χ3v) is 5.60. The maximum absolute atomic E-state index is 12.6. The van der Waals surface area contributed by atoms with Crippen LogP contribution < -0.4 is 5.32 Å². The van der Waals surface area contributed by atoms with Gasteiger partial charge in [0.2, 0.25) is 11.8 Å². The molecule has 1 aliphatic heterocycles. The molecule has 0 spiro atoms. The second kappa shape index (κ2) is 6.28. The molecule has 3 rings (SSSR count). The summed E-state index contributed by atoms with van der Waals surface area (Å²) in [5, 5.41) is 2.39. The van der Waals surface area contributed by atoms with Crippen molar-refractivity contribution >= 4 is 23.8 Å². The van der Waals surface area contributed by atoms with Crippen LogP contribution in [0.2, 0.25) is 0 Å². The maximum atomic E-state index is 12.6. The molecule has 0 radical (unpaired) electrons. The molecule has 2 fully saturated rings. The van der Waals surface area contributed by atoms with Gasteiger partial charge < -0.3 is 9.47 Å². The summed E-state index contributed by atoms with van der Waals surface area (Å²) in [5.41, 5.74) is -0.553. The molecule has 1 N–H and O–H groups in total. The zero-order valence-electron chi connectivity index (χ0n) is 14.7. The molecule has 2 amide bonds. The van der Waals surface area contributed by atoms with E-state index in [9.17, 15) is 19.2 Å². The quantitative estimate of drug-likeness (QED) is 0.351. The van der Waals surface area contributed by atoms with Gasteiger partial charge in [-0.1, -0.05) is 18.6 Å². The molecular weight excluding hydrogens is 326 g/mol. The summed E-state index contributed by atoms with van der Waals surface area (Å²) in [7, 11) is 0. The lowest BCUT2D eigenvalue weighted by Crippen LogP contribution is -2.41. The Morgan fingerprint density at radius 1 is 1.12 bits per heavy atom. The van der Waals surface area contributed by atoms with Gasteiger partial charge in [0.15, 0.2) is 5.41 Å². The van der Waals surface area contributed by atoms with E-state index >= 15 is 0 Å². The first-order valence-electron chi connectivity index (χ1n) is 8.75. The van der Waals surface area contributed by atoms with E-state index in [0.29, 0.717) is 0 Å². The molecule has 4 unspecified atom stereocenters. The number of carbonyl (C=O) groups excluding carboxylic acids is 4. The van der Waals surface area contributed by atoms with Crippen LogP contribution in [0.25, 0.3) is 0 Å². The molecule has 1 saturated heterocycles. The summed E-state index contributed by atoms with van der Waals surface area (Å²) in [6.45, 7) is 5.56. The number of hydrogen-bond donors (Lipinski definition) is 1. The van der Waals surface area contributed by atoms with Crippen LogP contribution in [0.4, 0.5) is 0 Å². The highest BCUT2D eigenvalue weighted by Crippen LogP contribution is 2.55. The first-order chi connectivity index (χ1) is 11.9. The van der Waals surface area contributed by atoms with Gasteiger partial charge in [-0.15, -0.1) is 0 Å². The van der Waals surface area contributed by atoms with Gasteiger partial charge in [0.1, 0.15) is 0 Å². The largest absolute Gasteiger partial charge is 0.465 e. The topological polar surface area (TPSA) is 98.8 Å². The Morgan fingerprint density at radius 3 is 2.24 bits per heavy atom. The summed E-state index contributed by atoms with van der Waals surface area (Å²) in [5.74, 6) is -3.24. The third-order valence-electron chi connectivity index (χ3n) is 5.60. The van der Waals surface area contributed by atoms with Gasteiger partial charge in [-0.25, -0.2) is 0 Å². The molecule has 2 aliphatic carbocycles. The summed E-state index contributed by atoms with van der Waals surface area (Å²) in [4.78, 5) is 49.7. The molecule has 4 atom stereocenters. The number of esters is 2. The first-order valence-corrected chi connectivity index (χ1v) is 8.75. The zero-order valence-corrected chi connectivity index (χ0v) is 14.7. The van der Waals surface area contributed by atoms with Crippen LogP contribution in [-0.2, 0) is 28.7 Å². The molecule has 0 aromatic carbocycles. The predicted octanol–water partition coefficient (Wildman–Crippen LogP) is 0.974. The van der Waals surface area contributed by atoms with Crippen LogP contribution in [0.1, 0.15) is 33.6 Å².